The number of carboxylic acid groups (broad SMARTS) is 1. The van der Waals surface area contributed by atoms with Crippen LogP contribution in [-0.4, -0.2) is 15.9 Å². The number of aryl methyl sites for hydroxylation is 2. The summed E-state index contributed by atoms with van der Waals surface area (Å²) in [6, 6.07) is 6.23. The Balaban J connectivity index is 2.17. The zero-order chi connectivity index (χ0) is 11.5. The number of carbonyl (C=O) groups is 1. The lowest BCUT2D eigenvalue weighted by molar-refractivity contribution is -0.129. The molecule has 0 spiro atoms. The van der Waals surface area contributed by atoms with Gasteiger partial charge in [-0.05, 0) is 42.4 Å². The average molecular weight is 234 g/mol. The molecule has 0 atom stereocenters. The molecule has 1 aromatic rings. The van der Waals surface area contributed by atoms with Gasteiger partial charge < -0.3 is 5.11 Å². The van der Waals surface area contributed by atoms with E-state index >= 15 is 0 Å². The minimum absolute atomic E-state index is 0.0933. The average Bonchev–Trinajstić information content (AvgIpc) is 2.28. The van der Waals surface area contributed by atoms with Crippen molar-refractivity contribution in [1.82, 2.24) is 0 Å². The topological polar surface area (TPSA) is 37.3 Å². The maximum absolute atomic E-state index is 10.7. The van der Waals surface area contributed by atoms with Crippen LogP contribution < -0.4 is 0 Å². The summed E-state index contributed by atoms with van der Waals surface area (Å²) in [7, 11) is 0. The van der Waals surface area contributed by atoms with Crippen LogP contribution >= 0.6 is 12.2 Å². The lowest BCUT2D eigenvalue weighted by Gasteiger charge is -2.16. The minimum Gasteiger partial charge on any atom is -0.477 e. The third-order valence-corrected chi connectivity index (χ3v) is 3.34. The molecule has 84 valence electrons. The molecule has 1 aromatic carbocycles. The van der Waals surface area contributed by atoms with Gasteiger partial charge in [0.05, 0.1) is 0 Å². The van der Waals surface area contributed by atoms with Gasteiger partial charge in [0.15, 0.2) is 0 Å². The Labute approximate surface area is 100 Å². The van der Waals surface area contributed by atoms with Crippen LogP contribution in [0.2, 0.25) is 0 Å². The lowest BCUT2D eigenvalue weighted by Crippen LogP contribution is -2.13. The molecule has 1 N–H and O–H groups in total. The number of thiocarbonyl (C=S) groups is 1. The molecule has 16 heavy (non-hydrogen) atoms. The van der Waals surface area contributed by atoms with Crippen LogP contribution in [0.1, 0.15) is 29.5 Å². The summed E-state index contributed by atoms with van der Waals surface area (Å²) >= 11 is 4.82. The van der Waals surface area contributed by atoms with Crippen molar-refractivity contribution >= 4 is 23.1 Å². The van der Waals surface area contributed by atoms with Crippen molar-refractivity contribution in [2.75, 3.05) is 0 Å². The molecule has 0 fully saturated rings. The van der Waals surface area contributed by atoms with Crippen LogP contribution in [-0.2, 0) is 24.1 Å². The molecule has 1 aliphatic carbocycles. The molecular weight excluding hydrogens is 220 g/mol. The van der Waals surface area contributed by atoms with Crippen molar-refractivity contribution < 1.29 is 9.90 Å². The molecule has 2 nitrogen and oxygen atoms in total. The number of fused-ring (bicyclic) bond motifs is 1. The first-order valence-electron chi connectivity index (χ1n) is 5.53. The summed E-state index contributed by atoms with van der Waals surface area (Å²) in [5.41, 5.74) is 3.81. The van der Waals surface area contributed by atoms with Crippen LogP contribution in [0, 0.1) is 0 Å². The van der Waals surface area contributed by atoms with E-state index in [1.54, 1.807) is 0 Å². The molecule has 0 saturated heterocycles. The van der Waals surface area contributed by atoms with Gasteiger partial charge in [-0.15, -0.1) is 0 Å². The fraction of sp³-hybridized carbons (Fsp3) is 0.385. The molecule has 2 rings (SSSR count). The van der Waals surface area contributed by atoms with E-state index in [9.17, 15) is 4.79 Å². The summed E-state index contributed by atoms with van der Waals surface area (Å²) in [6.07, 6.45) is 5.14. The quantitative estimate of drug-likeness (QED) is 0.817. The van der Waals surface area contributed by atoms with Crippen LogP contribution in [0.25, 0.3) is 0 Å². The van der Waals surface area contributed by atoms with Gasteiger partial charge in [-0.3, -0.25) is 0 Å². The smallest absolute Gasteiger partial charge is 0.342 e. The van der Waals surface area contributed by atoms with Crippen molar-refractivity contribution in [3.05, 3.63) is 34.9 Å². The van der Waals surface area contributed by atoms with Crippen LogP contribution in [0.5, 0.6) is 0 Å². The molecule has 0 bridgehead atoms. The molecule has 1 aliphatic rings. The Kier molecular flexibility index (Phi) is 3.34. The molecule has 0 saturated carbocycles. The van der Waals surface area contributed by atoms with Gasteiger partial charge in [-0.2, -0.15) is 0 Å². The second-order valence-corrected chi connectivity index (χ2v) is 4.71. The number of carboxylic acids is 1. The lowest BCUT2D eigenvalue weighted by atomic mass is 9.90. The number of benzene rings is 1. The fourth-order valence-electron chi connectivity index (χ4n) is 2.16. The summed E-state index contributed by atoms with van der Waals surface area (Å²) in [4.78, 5) is 10.7. The maximum atomic E-state index is 10.7. The van der Waals surface area contributed by atoms with E-state index in [-0.39, 0.29) is 4.86 Å². The summed E-state index contributed by atoms with van der Waals surface area (Å²) < 4.78 is 0. The van der Waals surface area contributed by atoms with Crippen LogP contribution in [0.15, 0.2) is 18.2 Å². The fourth-order valence-corrected chi connectivity index (χ4v) is 2.32. The Morgan fingerprint density at radius 3 is 2.62 bits per heavy atom. The third-order valence-electron chi connectivity index (χ3n) is 3.02. The van der Waals surface area contributed by atoms with Gasteiger partial charge in [0.25, 0.3) is 0 Å². The van der Waals surface area contributed by atoms with E-state index in [1.165, 1.54) is 24.0 Å². The second kappa shape index (κ2) is 4.74. The summed E-state index contributed by atoms with van der Waals surface area (Å²) in [5.74, 6) is -0.979. The molecule has 0 aromatic heterocycles. The molecular formula is C13H14O2S. The monoisotopic (exact) mass is 234 g/mol. The normalized spacial score (nSPS) is 14.2. The van der Waals surface area contributed by atoms with E-state index < -0.39 is 5.97 Å². The molecule has 0 unspecified atom stereocenters. The molecule has 0 amide bonds. The first-order valence-corrected chi connectivity index (χ1v) is 5.94. The van der Waals surface area contributed by atoms with Crippen molar-refractivity contribution in [1.29, 1.82) is 0 Å². The highest BCUT2D eigenvalue weighted by Crippen LogP contribution is 2.22. The van der Waals surface area contributed by atoms with Gasteiger partial charge in [-0.1, -0.05) is 30.4 Å². The number of rotatable bonds is 3. The van der Waals surface area contributed by atoms with Crippen molar-refractivity contribution in [3.8, 4) is 0 Å². The molecule has 3 heteroatoms. The molecule has 0 aliphatic heterocycles. The van der Waals surface area contributed by atoms with Crippen molar-refractivity contribution in [2.45, 2.75) is 32.1 Å². The molecule has 0 radical (unpaired) electrons. The minimum atomic E-state index is -0.979. The maximum Gasteiger partial charge on any atom is 0.342 e. The zero-order valence-electron chi connectivity index (χ0n) is 9.03. The van der Waals surface area contributed by atoms with E-state index in [0.29, 0.717) is 6.42 Å². The van der Waals surface area contributed by atoms with Gasteiger partial charge in [-0.25, -0.2) is 4.79 Å². The predicted octanol–water partition coefficient (Wildman–Crippen LogP) is 2.56. The standard InChI is InChI=1S/C13H14O2S/c14-13(15)12(16)8-9-5-6-10-3-1-2-4-11(10)7-9/h5-7H,1-4,8H2,(H,14,15). The second-order valence-electron chi connectivity index (χ2n) is 4.22. The Morgan fingerprint density at radius 1 is 1.25 bits per heavy atom. The van der Waals surface area contributed by atoms with Crippen molar-refractivity contribution in [3.63, 3.8) is 0 Å². The van der Waals surface area contributed by atoms with Gasteiger partial charge in [0, 0.05) is 6.42 Å². The Bertz CT molecular complexity index is 438. The van der Waals surface area contributed by atoms with Gasteiger partial charge >= 0.3 is 5.97 Å². The van der Waals surface area contributed by atoms with Crippen LogP contribution in [0.3, 0.4) is 0 Å². The number of hydrogen-bond donors (Lipinski definition) is 1. The van der Waals surface area contributed by atoms with E-state index in [4.69, 9.17) is 17.3 Å². The molecule has 0 heterocycles. The van der Waals surface area contributed by atoms with Gasteiger partial charge in [0.1, 0.15) is 4.86 Å². The highest BCUT2D eigenvalue weighted by Gasteiger charge is 2.12. The number of hydrogen-bond acceptors (Lipinski definition) is 2. The van der Waals surface area contributed by atoms with E-state index in [2.05, 4.69) is 12.1 Å². The van der Waals surface area contributed by atoms with E-state index in [0.717, 1.165) is 18.4 Å². The first-order chi connectivity index (χ1) is 7.66. The van der Waals surface area contributed by atoms with Crippen LogP contribution in [0.4, 0.5) is 0 Å². The summed E-state index contributed by atoms with van der Waals surface area (Å²) in [5, 5.41) is 8.74. The van der Waals surface area contributed by atoms with Crippen molar-refractivity contribution in [2.24, 2.45) is 0 Å². The largest absolute Gasteiger partial charge is 0.477 e. The zero-order valence-corrected chi connectivity index (χ0v) is 9.85. The Hall–Kier alpha value is -1.22. The van der Waals surface area contributed by atoms with E-state index in [1.807, 2.05) is 6.07 Å². The van der Waals surface area contributed by atoms with Gasteiger partial charge in [0.2, 0.25) is 0 Å². The Morgan fingerprint density at radius 2 is 1.94 bits per heavy atom. The highest BCUT2D eigenvalue weighted by atomic mass is 32.1. The summed E-state index contributed by atoms with van der Waals surface area (Å²) in [6.45, 7) is 0. The first kappa shape index (κ1) is 11.3. The highest BCUT2D eigenvalue weighted by molar-refractivity contribution is 7.82. The third kappa shape index (κ3) is 2.47. The number of aliphatic carboxylic acids is 1. The predicted molar refractivity (Wildman–Crippen MR) is 67.0 cm³/mol. The SMILES string of the molecule is O=C(O)C(=S)Cc1ccc2c(c1)CCCC2.